The second-order valence-corrected chi connectivity index (χ2v) is 4.84. The van der Waals surface area contributed by atoms with Crippen molar-refractivity contribution in [3.8, 4) is 0 Å². The summed E-state index contributed by atoms with van der Waals surface area (Å²) >= 11 is 1.63. The van der Waals surface area contributed by atoms with Gasteiger partial charge in [-0.05, 0) is 20.3 Å². The number of anilines is 1. The molecule has 0 unspecified atom stereocenters. The van der Waals surface area contributed by atoms with Crippen LogP contribution >= 0.6 is 11.3 Å². The molecule has 0 saturated carbocycles. The molecule has 1 aromatic rings. The van der Waals surface area contributed by atoms with Crippen LogP contribution in [0.1, 0.15) is 26.5 Å². The van der Waals surface area contributed by atoms with Crippen molar-refractivity contribution in [3.63, 3.8) is 0 Å². The van der Waals surface area contributed by atoms with Crippen molar-refractivity contribution in [2.24, 2.45) is 0 Å². The lowest BCUT2D eigenvalue weighted by molar-refractivity contribution is 0.216. The first-order valence-corrected chi connectivity index (χ1v) is 5.68. The van der Waals surface area contributed by atoms with E-state index in [-0.39, 0.29) is 12.1 Å². The maximum absolute atomic E-state index is 9.22. The smallest absolute Gasteiger partial charge is 0.185 e. The zero-order valence-electron chi connectivity index (χ0n) is 9.24. The fraction of sp³-hybridized carbons (Fsp3) is 0.700. The molecular formula is C10H18N2OS. The second-order valence-electron chi connectivity index (χ2n) is 4.00. The first-order valence-electron chi connectivity index (χ1n) is 4.80. The third-order valence-corrected chi connectivity index (χ3v) is 3.45. The van der Waals surface area contributed by atoms with Crippen molar-refractivity contribution >= 4 is 16.5 Å². The summed E-state index contributed by atoms with van der Waals surface area (Å²) in [7, 11) is 1.97. The Labute approximate surface area is 89.4 Å². The highest BCUT2D eigenvalue weighted by atomic mass is 32.1. The van der Waals surface area contributed by atoms with Crippen molar-refractivity contribution in [2.75, 3.05) is 18.6 Å². The highest BCUT2D eigenvalue weighted by molar-refractivity contribution is 7.13. The maximum atomic E-state index is 9.22. The molecule has 4 heteroatoms. The molecule has 0 fully saturated rings. The Morgan fingerprint density at radius 3 is 2.64 bits per heavy atom. The molecule has 1 aromatic heterocycles. The zero-order chi connectivity index (χ0) is 10.8. The Bertz CT molecular complexity index is 296. The summed E-state index contributed by atoms with van der Waals surface area (Å²) in [6, 6.07) is 0. The van der Waals surface area contributed by atoms with Gasteiger partial charge in [-0.25, -0.2) is 4.98 Å². The van der Waals surface area contributed by atoms with Gasteiger partial charge in [0.15, 0.2) is 5.13 Å². The molecule has 1 rings (SSSR count). The van der Waals surface area contributed by atoms with Gasteiger partial charge < -0.3 is 10.0 Å². The molecular weight excluding hydrogens is 196 g/mol. The Hall–Kier alpha value is -0.610. The fourth-order valence-corrected chi connectivity index (χ4v) is 2.01. The summed E-state index contributed by atoms with van der Waals surface area (Å²) < 4.78 is 0. The molecule has 14 heavy (non-hydrogen) atoms. The molecule has 1 N–H and O–H groups in total. The van der Waals surface area contributed by atoms with E-state index in [1.807, 2.05) is 25.8 Å². The van der Waals surface area contributed by atoms with Gasteiger partial charge in [0.25, 0.3) is 0 Å². The summed E-state index contributed by atoms with van der Waals surface area (Å²) in [6.45, 7) is 6.22. The van der Waals surface area contributed by atoms with Gasteiger partial charge in [0.2, 0.25) is 0 Å². The predicted molar refractivity (Wildman–Crippen MR) is 61.1 cm³/mol. The molecule has 0 atom stereocenters. The number of rotatable bonds is 4. The van der Waals surface area contributed by atoms with Gasteiger partial charge >= 0.3 is 0 Å². The van der Waals surface area contributed by atoms with Gasteiger partial charge in [0, 0.05) is 12.4 Å². The van der Waals surface area contributed by atoms with Crippen LogP contribution in [0.15, 0.2) is 5.38 Å². The summed E-state index contributed by atoms with van der Waals surface area (Å²) in [5.41, 5.74) is 0.869. The molecule has 1 heterocycles. The molecule has 0 aliphatic heterocycles. The molecule has 0 radical (unpaired) electrons. The largest absolute Gasteiger partial charge is 0.394 e. The minimum Gasteiger partial charge on any atom is -0.394 e. The number of likely N-dealkylation sites (N-methyl/N-ethyl adjacent to an activating group) is 1. The van der Waals surface area contributed by atoms with Crippen molar-refractivity contribution < 1.29 is 5.11 Å². The average Bonchev–Trinajstić information content (AvgIpc) is 2.64. The number of hydrogen-bond acceptors (Lipinski definition) is 4. The summed E-state index contributed by atoms with van der Waals surface area (Å²) in [6.07, 6.45) is 0.962. The molecule has 3 nitrogen and oxygen atoms in total. The van der Waals surface area contributed by atoms with E-state index < -0.39 is 0 Å². The van der Waals surface area contributed by atoms with Crippen LogP contribution in [0.4, 0.5) is 5.13 Å². The minimum absolute atomic E-state index is 0.130. The van der Waals surface area contributed by atoms with E-state index in [2.05, 4.69) is 17.3 Å². The van der Waals surface area contributed by atoms with E-state index in [4.69, 9.17) is 0 Å². The monoisotopic (exact) mass is 214 g/mol. The van der Waals surface area contributed by atoms with Crippen molar-refractivity contribution in [1.29, 1.82) is 0 Å². The highest BCUT2D eigenvalue weighted by Gasteiger charge is 2.24. The van der Waals surface area contributed by atoms with Gasteiger partial charge in [-0.15, -0.1) is 11.3 Å². The van der Waals surface area contributed by atoms with Gasteiger partial charge in [-0.2, -0.15) is 0 Å². The Morgan fingerprint density at radius 2 is 2.21 bits per heavy atom. The van der Waals surface area contributed by atoms with Crippen molar-refractivity contribution in [1.82, 2.24) is 4.98 Å². The zero-order valence-corrected chi connectivity index (χ0v) is 10.1. The number of aliphatic hydroxyl groups excluding tert-OH is 1. The summed E-state index contributed by atoms with van der Waals surface area (Å²) in [4.78, 5) is 6.50. The van der Waals surface area contributed by atoms with Crippen LogP contribution in [0.5, 0.6) is 0 Å². The first kappa shape index (κ1) is 11.5. The number of thiazole rings is 1. The van der Waals surface area contributed by atoms with Crippen LogP contribution in [0.3, 0.4) is 0 Å². The number of nitrogens with zero attached hydrogens (tertiary/aromatic N) is 2. The lowest BCUT2D eigenvalue weighted by Gasteiger charge is -2.33. The fourth-order valence-electron chi connectivity index (χ4n) is 0.978. The van der Waals surface area contributed by atoms with Gasteiger partial charge in [-0.3, -0.25) is 0 Å². The molecule has 80 valence electrons. The lowest BCUT2D eigenvalue weighted by Crippen LogP contribution is -2.44. The van der Waals surface area contributed by atoms with Crippen molar-refractivity contribution in [2.45, 2.75) is 32.7 Å². The van der Waals surface area contributed by atoms with Crippen LogP contribution in [0.2, 0.25) is 0 Å². The quantitative estimate of drug-likeness (QED) is 0.832. The molecule has 0 aliphatic carbocycles. The van der Waals surface area contributed by atoms with E-state index in [1.54, 1.807) is 11.3 Å². The van der Waals surface area contributed by atoms with Crippen LogP contribution in [0.25, 0.3) is 0 Å². The molecule has 0 saturated heterocycles. The third kappa shape index (κ3) is 2.25. The van der Waals surface area contributed by atoms with Crippen molar-refractivity contribution in [3.05, 3.63) is 11.1 Å². The van der Waals surface area contributed by atoms with E-state index in [0.717, 1.165) is 17.2 Å². The molecule has 0 aromatic carbocycles. The van der Waals surface area contributed by atoms with Crippen LogP contribution in [-0.2, 0) is 6.42 Å². The normalized spacial score (nSPS) is 11.8. The van der Waals surface area contributed by atoms with E-state index in [0.29, 0.717) is 0 Å². The first-order chi connectivity index (χ1) is 6.51. The van der Waals surface area contributed by atoms with Gasteiger partial charge in [-0.1, -0.05) is 6.92 Å². The predicted octanol–water partition coefficient (Wildman–Crippen LogP) is 1.91. The maximum Gasteiger partial charge on any atom is 0.185 e. The Balaban J connectivity index is 2.83. The third-order valence-electron chi connectivity index (χ3n) is 2.48. The molecule has 0 bridgehead atoms. The molecule has 0 spiro atoms. The topological polar surface area (TPSA) is 36.4 Å². The summed E-state index contributed by atoms with van der Waals surface area (Å²) in [5, 5.41) is 12.3. The van der Waals surface area contributed by atoms with E-state index >= 15 is 0 Å². The average molecular weight is 214 g/mol. The molecule has 0 amide bonds. The number of hydrogen-bond donors (Lipinski definition) is 1. The number of aliphatic hydroxyl groups is 1. The van der Waals surface area contributed by atoms with E-state index in [1.165, 1.54) is 0 Å². The van der Waals surface area contributed by atoms with Crippen LogP contribution < -0.4 is 4.90 Å². The van der Waals surface area contributed by atoms with Crippen LogP contribution in [-0.4, -0.2) is 29.3 Å². The Kier molecular flexibility index (Phi) is 3.50. The second kappa shape index (κ2) is 4.28. The lowest BCUT2D eigenvalue weighted by atomic mass is 10.1. The highest BCUT2D eigenvalue weighted by Crippen LogP contribution is 2.25. The van der Waals surface area contributed by atoms with Gasteiger partial charge in [0.1, 0.15) is 0 Å². The van der Waals surface area contributed by atoms with E-state index in [9.17, 15) is 5.11 Å². The standard InChI is InChI=1S/C10H18N2OS/c1-5-8-6-14-9(11-8)12(4)10(2,3)7-13/h6,13H,5,7H2,1-4H3. The summed E-state index contributed by atoms with van der Waals surface area (Å²) in [5.74, 6) is 0. The number of aromatic nitrogens is 1. The van der Waals surface area contributed by atoms with Gasteiger partial charge in [0.05, 0.1) is 17.8 Å². The SMILES string of the molecule is CCc1csc(N(C)C(C)(C)CO)n1. The molecule has 0 aliphatic rings. The number of aryl methyl sites for hydroxylation is 1. The van der Waals surface area contributed by atoms with Crippen LogP contribution in [0, 0.1) is 0 Å². The minimum atomic E-state index is -0.247. The Morgan fingerprint density at radius 1 is 1.57 bits per heavy atom.